The Bertz CT molecular complexity index is 1090. The van der Waals surface area contributed by atoms with Crippen LogP contribution >= 0.6 is 11.8 Å². The molecule has 2 aromatic rings. The van der Waals surface area contributed by atoms with Crippen molar-refractivity contribution in [2.45, 2.75) is 39.7 Å². The number of nitrogens with one attached hydrogen (secondary N) is 1. The monoisotopic (exact) mass is 406 g/mol. The Labute approximate surface area is 174 Å². The molecule has 1 saturated carbocycles. The lowest BCUT2D eigenvalue weighted by Gasteiger charge is -2.20. The molecule has 0 unspecified atom stereocenters. The first-order chi connectivity index (χ1) is 13.8. The second-order valence-corrected chi connectivity index (χ2v) is 9.52. The molecule has 0 radical (unpaired) electrons. The average Bonchev–Trinajstić information content (AvgIpc) is 3.41. The number of hydrogen-bond donors (Lipinski definition) is 1. The third-order valence-corrected chi connectivity index (χ3v) is 5.35. The number of thioether (sulfide) groups is 1. The van der Waals surface area contributed by atoms with Gasteiger partial charge in [0, 0.05) is 17.6 Å². The summed E-state index contributed by atoms with van der Waals surface area (Å²) >= 11 is 1.36. The Morgan fingerprint density at radius 3 is 2.86 bits per heavy atom. The van der Waals surface area contributed by atoms with Crippen LogP contribution in [-0.4, -0.2) is 28.7 Å². The van der Waals surface area contributed by atoms with E-state index in [9.17, 15) is 10.1 Å². The number of fused-ring (bicyclic) bond motifs is 1. The largest absolute Gasteiger partial charge is 0.491 e. The van der Waals surface area contributed by atoms with Crippen LogP contribution < -0.4 is 10.1 Å². The number of hydrogen-bond acceptors (Lipinski definition) is 6. The Balaban J connectivity index is 1.66. The van der Waals surface area contributed by atoms with Gasteiger partial charge in [0.25, 0.3) is 5.91 Å². The third kappa shape index (κ3) is 4.60. The normalized spacial score (nSPS) is 18.1. The van der Waals surface area contributed by atoms with Crippen LogP contribution in [0.2, 0.25) is 0 Å². The number of amides is 1. The van der Waals surface area contributed by atoms with Crippen molar-refractivity contribution in [1.29, 1.82) is 5.26 Å². The molecule has 1 amide bonds. The Kier molecular flexibility index (Phi) is 5.05. The molecule has 1 aromatic heterocycles. The van der Waals surface area contributed by atoms with Gasteiger partial charge in [0.2, 0.25) is 0 Å². The molecule has 6 nitrogen and oxygen atoms in total. The lowest BCUT2D eigenvalue weighted by molar-refractivity contribution is -0.113. The first-order valence-electron chi connectivity index (χ1n) is 9.57. The molecule has 2 aliphatic rings. The summed E-state index contributed by atoms with van der Waals surface area (Å²) < 4.78 is 6.03. The van der Waals surface area contributed by atoms with E-state index in [-0.39, 0.29) is 11.3 Å². The highest BCUT2D eigenvalue weighted by Crippen LogP contribution is 2.33. The molecule has 0 bridgehead atoms. The molecular weight excluding hydrogens is 384 g/mol. The van der Waals surface area contributed by atoms with Gasteiger partial charge in [0.1, 0.15) is 17.4 Å². The van der Waals surface area contributed by atoms with Gasteiger partial charge in [0.05, 0.1) is 17.0 Å². The van der Waals surface area contributed by atoms with Gasteiger partial charge in [-0.25, -0.2) is 0 Å². The quantitative estimate of drug-likeness (QED) is 0.764. The van der Waals surface area contributed by atoms with Crippen LogP contribution in [0, 0.1) is 16.7 Å². The van der Waals surface area contributed by atoms with E-state index in [4.69, 9.17) is 4.74 Å². The number of nitrogens with zero attached hydrogens (tertiary/aromatic N) is 3. The molecule has 1 aliphatic heterocycles. The summed E-state index contributed by atoms with van der Waals surface area (Å²) in [5, 5.41) is 14.2. The molecule has 7 heteroatoms. The van der Waals surface area contributed by atoms with Crippen LogP contribution in [0.15, 0.2) is 34.3 Å². The SMILES string of the molecule is CC(C)(C)COc1c(C#N)cnc2ccc(/C=C3\SC(NC4CC4)=NC3=O)cc12. The molecule has 0 spiro atoms. The van der Waals surface area contributed by atoms with Gasteiger partial charge >= 0.3 is 0 Å². The second kappa shape index (κ2) is 7.53. The first kappa shape index (κ1) is 19.5. The Hall–Kier alpha value is -2.85. The number of ether oxygens (including phenoxy) is 1. The van der Waals surface area contributed by atoms with Gasteiger partial charge in [-0.1, -0.05) is 26.8 Å². The van der Waals surface area contributed by atoms with Crippen molar-refractivity contribution >= 4 is 39.8 Å². The molecule has 0 saturated heterocycles. The van der Waals surface area contributed by atoms with Gasteiger partial charge in [-0.2, -0.15) is 10.3 Å². The van der Waals surface area contributed by atoms with Crippen molar-refractivity contribution in [1.82, 2.24) is 10.3 Å². The number of pyridine rings is 1. The van der Waals surface area contributed by atoms with Gasteiger partial charge < -0.3 is 10.1 Å². The second-order valence-electron chi connectivity index (χ2n) is 8.49. The zero-order chi connectivity index (χ0) is 20.6. The van der Waals surface area contributed by atoms with Crippen molar-refractivity contribution in [2.24, 2.45) is 10.4 Å². The van der Waals surface area contributed by atoms with Gasteiger partial charge in [0.15, 0.2) is 5.17 Å². The summed E-state index contributed by atoms with van der Waals surface area (Å²) in [6.07, 6.45) is 5.62. The summed E-state index contributed by atoms with van der Waals surface area (Å²) in [7, 11) is 0. The van der Waals surface area contributed by atoms with E-state index in [1.54, 1.807) is 6.20 Å². The maximum absolute atomic E-state index is 12.2. The number of aliphatic imine (C=N–C) groups is 1. The minimum Gasteiger partial charge on any atom is -0.491 e. The highest BCUT2D eigenvalue weighted by molar-refractivity contribution is 8.18. The minimum atomic E-state index is -0.230. The van der Waals surface area contributed by atoms with E-state index in [1.807, 2.05) is 24.3 Å². The highest BCUT2D eigenvalue weighted by Gasteiger charge is 2.28. The zero-order valence-electron chi connectivity index (χ0n) is 16.7. The standard InChI is InChI=1S/C22H22N4O2S/c1-22(2,3)12-28-19-14(10-23)11-24-17-7-4-13(8-16(17)19)9-18-20(27)26-21(29-18)25-15-5-6-15/h4,7-9,11,15H,5-6,12H2,1-3H3,(H,25,26,27)/b18-9-. The molecule has 29 heavy (non-hydrogen) atoms. The summed E-state index contributed by atoms with van der Waals surface area (Å²) in [4.78, 5) is 21.3. The molecule has 4 rings (SSSR count). The van der Waals surface area contributed by atoms with Gasteiger partial charge in [-0.3, -0.25) is 9.78 Å². The van der Waals surface area contributed by atoms with Crippen LogP contribution in [0.1, 0.15) is 44.7 Å². The van der Waals surface area contributed by atoms with E-state index in [0.717, 1.165) is 29.3 Å². The van der Waals surface area contributed by atoms with Crippen molar-refractivity contribution in [2.75, 3.05) is 6.61 Å². The molecule has 2 heterocycles. The topological polar surface area (TPSA) is 87.4 Å². The van der Waals surface area contributed by atoms with Crippen LogP contribution in [0.3, 0.4) is 0 Å². The molecule has 1 aliphatic carbocycles. The summed E-state index contributed by atoms with van der Waals surface area (Å²) in [6.45, 7) is 6.71. The minimum absolute atomic E-state index is 0.0445. The lowest BCUT2D eigenvalue weighted by Crippen LogP contribution is -2.20. The van der Waals surface area contributed by atoms with Crippen molar-refractivity contribution < 1.29 is 9.53 Å². The predicted octanol–water partition coefficient (Wildman–Crippen LogP) is 4.25. The van der Waals surface area contributed by atoms with Crippen LogP contribution in [0.4, 0.5) is 0 Å². The van der Waals surface area contributed by atoms with Crippen LogP contribution in [0.25, 0.3) is 17.0 Å². The maximum Gasteiger partial charge on any atom is 0.286 e. The van der Waals surface area contributed by atoms with Crippen molar-refractivity contribution in [3.05, 3.63) is 40.4 Å². The Morgan fingerprint density at radius 2 is 2.17 bits per heavy atom. The zero-order valence-corrected chi connectivity index (χ0v) is 17.5. The number of nitriles is 1. The fourth-order valence-corrected chi connectivity index (χ4v) is 3.71. The average molecular weight is 407 g/mol. The smallest absolute Gasteiger partial charge is 0.286 e. The molecule has 1 aromatic carbocycles. The molecule has 1 N–H and O–H groups in total. The lowest BCUT2D eigenvalue weighted by atomic mass is 9.98. The fourth-order valence-electron chi connectivity index (χ4n) is 2.82. The molecule has 0 atom stereocenters. The number of amidine groups is 1. The van der Waals surface area contributed by atoms with E-state index in [0.29, 0.717) is 34.0 Å². The summed E-state index contributed by atoms with van der Waals surface area (Å²) in [5.41, 5.74) is 1.94. The van der Waals surface area contributed by atoms with E-state index in [1.165, 1.54) is 11.8 Å². The van der Waals surface area contributed by atoms with Crippen molar-refractivity contribution in [3.8, 4) is 11.8 Å². The highest BCUT2D eigenvalue weighted by atomic mass is 32.2. The number of aromatic nitrogens is 1. The van der Waals surface area contributed by atoms with Gasteiger partial charge in [-0.05, 0) is 53.8 Å². The number of carbonyl (C=O) groups excluding carboxylic acids is 1. The maximum atomic E-state index is 12.2. The van der Waals surface area contributed by atoms with E-state index >= 15 is 0 Å². The van der Waals surface area contributed by atoms with Crippen LogP contribution in [0.5, 0.6) is 5.75 Å². The van der Waals surface area contributed by atoms with E-state index < -0.39 is 0 Å². The van der Waals surface area contributed by atoms with E-state index in [2.05, 4.69) is 42.1 Å². The molecule has 148 valence electrons. The fraction of sp³-hybridized carbons (Fsp3) is 0.364. The summed E-state index contributed by atoms with van der Waals surface area (Å²) in [6, 6.07) is 8.31. The predicted molar refractivity (Wildman–Crippen MR) is 116 cm³/mol. The molecule has 1 fully saturated rings. The first-order valence-corrected chi connectivity index (χ1v) is 10.4. The van der Waals surface area contributed by atoms with Crippen molar-refractivity contribution in [3.63, 3.8) is 0 Å². The number of benzene rings is 1. The van der Waals surface area contributed by atoms with Gasteiger partial charge in [-0.15, -0.1) is 0 Å². The molecular formula is C22H22N4O2S. The van der Waals surface area contributed by atoms with Crippen LogP contribution in [-0.2, 0) is 4.79 Å². The number of carbonyl (C=O) groups is 1. The Morgan fingerprint density at radius 1 is 1.38 bits per heavy atom. The summed E-state index contributed by atoms with van der Waals surface area (Å²) in [5.74, 6) is 0.303. The number of rotatable bonds is 4. The third-order valence-electron chi connectivity index (χ3n) is 4.44.